The zero-order valence-electron chi connectivity index (χ0n) is 14.9. The van der Waals surface area contributed by atoms with Crippen molar-refractivity contribution in [3.8, 4) is 6.07 Å². The average Bonchev–Trinajstić information content (AvgIpc) is 2.78. The number of piperidine rings is 1. The molecule has 0 atom stereocenters. The number of likely N-dealkylation sites (N-methyl/N-ethyl adjacent to an activating group) is 1. The molecule has 0 unspecified atom stereocenters. The number of amides is 3. The number of nitriles is 1. The second kappa shape index (κ2) is 6.36. The topological polar surface area (TPSA) is 80.5 Å². The van der Waals surface area contributed by atoms with E-state index in [4.69, 9.17) is 0 Å². The van der Waals surface area contributed by atoms with Crippen molar-refractivity contribution >= 4 is 17.8 Å². The van der Waals surface area contributed by atoms with Gasteiger partial charge in [0.2, 0.25) is 0 Å². The second-order valence-corrected chi connectivity index (χ2v) is 7.16. The smallest absolute Gasteiger partial charge is 0.327 e. The van der Waals surface area contributed by atoms with Crippen molar-refractivity contribution in [2.24, 2.45) is 5.92 Å². The van der Waals surface area contributed by atoms with Gasteiger partial charge >= 0.3 is 6.03 Å². The summed E-state index contributed by atoms with van der Waals surface area (Å²) in [7, 11) is 1.56. The first kappa shape index (κ1) is 17.2. The highest BCUT2D eigenvalue weighted by Gasteiger charge is 2.56. The molecule has 0 aromatic carbocycles. The van der Waals surface area contributed by atoms with Crippen molar-refractivity contribution in [3.05, 3.63) is 23.9 Å². The van der Waals surface area contributed by atoms with Crippen LogP contribution in [-0.2, 0) is 4.79 Å². The fourth-order valence-electron chi connectivity index (χ4n) is 3.81. The quantitative estimate of drug-likeness (QED) is 0.784. The third-order valence-corrected chi connectivity index (χ3v) is 5.08. The Morgan fingerprint density at radius 1 is 1.32 bits per heavy atom. The molecule has 25 heavy (non-hydrogen) atoms. The van der Waals surface area contributed by atoms with Crippen LogP contribution >= 0.6 is 0 Å². The third-order valence-electron chi connectivity index (χ3n) is 5.08. The Balaban J connectivity index is 1.85. The minimum atomic E-state index is -0.756. The number of anilines is 1. The number of urea groups is 1. The lowest BCUT2D eigenvalue weighted by atomic mass is 9.85. The van der Waals surface area contributed by atoms with E-state index in [0.717, 1.165) is 0 Å². The van der Waals surface area contributed by atoms with Crippen molar-refractivity contribution in [2.75, 3.05) is 31.6 Å². The summed E-state index contributed by atoms with van der Waals surface area (Å²) in [5, 5.41) is 9.28. The normalized spacial score (nSPS) is 19.9. The maximum Gasteiger partial charge on any atom is 0.327 e. The summed E-state index contributed by atoms with van der Waals surface area (Å²) in [4.78, 5) is 34.7. The summed E-state index contributed by atoms with van der Waals surface area (Å²) in [5.41, 5.74) is -0.225. The van der Waals surface area contributed by atoms with Crippen molar-refractivity contribution < 1.29 is 9.59 Å². The SMILES string of the molecule is CC(C)CN1C(=O)N(C)C(=O)C12CCN(c1ncccc1C#N)CC2. The summed E-state index contributed by atoms with van der Waals surface area (Å²) >= 11 is 0. The van der Waals surface area contributed by atoms with E-state index < -0.39 is 5.54 Å². The van der Waals surface area contributed by atoms with Gasteiger partial charge in [-0.25, -0.2) is 9.78 Å². The van der Waals surface area contributed by atoms with Crippen molar-refractivity contribution in [1.82, 2.24) is 14.8 Å². The van der Waals surface area contributed by atoms with Gasteiger partial charge in [0.25, 0.3) is 5.91 Å². The first-order valence-corrected chi connectivity index (χ1v) is 8.60. The molecule has 0 N–H and O–H groups in total. The monoisotopic (exact) mass is 341 g/mol. The molecule has 1 spiro atoms. The Morgan fingerprint density at radius 3 is 2.60 bits per heavy atom. The number of nitrogens with zero attached hydrogens (tertiary/aromatic N) is 5. The molecular weight excluding hydrogens is 318 g/mol. The van der Waals surface area contributed by atoms with Crippen molar-refractivity contribution in [1.29, 1.82) is 5.26 Å². The van der Waals surface area contributed by atoms with Crippen LogP contribution in [0, 0.1) is 17.2 Å². The molecule has 7 nitrogen and oxygen atoms in total. The standard InChI is InChI=1S/C18H23N5O2/c1-13(2)12-23-17(25)21(3)16(24)18(23)6-9-22(10-7-18)15-14(11-19)5-4-8-20-15/h4-5,8,13H,6-7,9-10,12H2,1-3H3. The highest BCUT2D eigenvalue weighted by atomic mass is 16.2. The molecule has 0 saturated carbocycles. The van der Waals surface area contributed by atoms with E-state index in [9.17, 15) is 14.9 Å². The molecule has 1 aromatic heterocycles. The van der Waals surface area contributed by atoms with Crippen LogP contribution in [0.3, 0.4) is 0 Å². The van der Waals surface area contributed by atoms with Crippen LogP contribution in [0.15, 0.2) is 18.3 Å². The molecule has 3 amide bonds. The van der Waals surface area contributed by atoms with Crippen LogP contribution in [0.5, 0.6) is 0 Å². The van der Waals surface area contributed by atoms with Gasteiger partial charge in [-0.2, -0.15) is 5.26 Å². The number of aromatic nitrogens is 1. The van der Waals surface area contributed by atoms with E-state index in [1.165, 1.54) is 4.90 Å². The molecule has 7 heteroatoms. The van der Waals surface area contributed by atoms with Gasteiger partial charge in [-0.05, 0) is 30.9 Å². The maximum atomic E-state index is 12.8. The van der Waals surface area contributed by atoms with Crippen LogP contribution < -0.4 is 4.90 Å². The van der Waals surface area contributed by atoms with Gasteiger partial charge in [-0.15, -0.1) is 0 Å². The molecule has 3 heterocycles. The van der Waals surface area contributed by atoms with Gasteiger partial charge < -0.3 is 9.80 Å². The number of rotatable bonds is 3. The largest absolute Gasteiger partial charge is 0.355 e. The summed E-state index contributed by atoms with van der Waals surface area (Å²) in [6.45, 7) is 5.85. The average molecular weight is 341 g/mol. The van der Waals surface area contributed by atoms with E-state index in [1.807, 2.05) is 18.7 Å². The van der Waals surface area contributed by atoms with E-state index in [-0.39, 0.29) is 11.9 Å². The molecule has 2 fully saturated rings. The number of carbonyl (C=O) groups excluding carboxylic acids is 2. The van der Waals surface area contributed by atoms with Gasteiger partial charge in [0.15, 0.2) is 0 Å². The van der Waals surface area contributed by atoms with E-state index >= 15 is 0 Å². The third kappa shape index (κ3) is 2.72. The number of pyridine rings is 1. The predicted molar refractivity (Wildman–Crippen MR) is 92.8 cm³/mol. The summed E-state index contributed by atoms with van der Waals surface area (Å²) in [5.74, 6) is 0.832. The second-order valence-electron chi connectivity index (χ2n) is 7.16. The lowest BCUT2D eigenvalue weighted by molar-refractivity contribution is -0.133. The summed E-state index contributed by atoms with van der Waals surface area (Å²) < 4.78 is 0. The van der Waals surface area contributed by atoms with Crippen LogP contribution in [0.2, 0.25) is 0 Å². The fraction of sp³-hybridized carbons (Fsp3) is 0.556. The van der Waals surface area contributed by atoms with Crippen molar-refractivity contribution in [2.45, 2.75) is 32.2 Å². The number of imide groups is 1. The van der Waals surface area contributed by atoms with Gasteiger partial charge in [0.05, 0.1) is 5.56 Å². The fourth-order valence-corrected chi connectivity index (χ4v) is 3.81. The molecular formula is C18H23N5O2. The van der Waals surface area contributed by atoms with E-state index in [1.54, 1.807) is 30.3 Å². The van der Waals surface area contributed by atoms with Crippen LogP contribution in [0.25, 0.3) is 0 Å². The van der Waals surface area contributed by atoms with Gasteiger partial charge in [0, 0.05) is 32.9 Å². The van der Waals surface area contributed by atoms with Gasteiger partial charge in [0.1, 0.15) is 17.4 Å². The molecule has 2 aliphatic heterocycles. The first-order chi connectivity index (χ1) is 11.9. The Labute approximate surface area is 147 Å². The molecule has 2 aliphatic rings. The molecule has 2 saturated heterocycles. The Morgan fingerprint density at radius 2 is 2.00 bits per heavy atom. The van der Waals surface area contributed by atoms with Crippen LogP contribution in [0.4, 0.5) is 10.6 Å². The van der Waals surface area contributed by atoms with E-state index in [0.29, 0.717) is 49.8 Å². The Hall–Kier alpha value is -2.62. The number of hydrogen-bond acceptors (Lipinski definition) is 5. The zero-order valence-corrected chi connectivity index (χ0v) is 14.9. The Kier molecular flexibility index (Phi) is 4.38. The lowest BCUT2D eigenvalue weighted by Crippen LogP contribution is -2.57. The zero-order chi connectivity index (χ0) is 18.2. The highest BCUT2D eigenvalue weighted by Crippen LogP contribution is 2.38. The molecule has 132 valence electrons. The van der Waals surface area contributed by atoms with Crippen molar-refractivity contribution in [3.63, 3.8) is 0 Å². The van der Waals surface area contributed by atoms with Gasteiger partial charge in [-0.1, -0.05) is 13.8 Å². The van der Waals surface area contributed by atoms with Crippen LogP contribution in [-0.4, -0.2) is 58.9 Å². The van der Waals surface area contributed by atoms with E-state index in [2.05, 4.69) is 11.1 Å². The summed E-state index contributed by atoms with van der Waals surface area (Å²) in [6, 6.07) is 5.45. The number of hydrogen-bond donors (Lipinski definition) is 0. The first-order valence-electron chi connectivity index (χ1n) is 8.60. The molecule has 0 bridgehead atoms. The molecule has 0 aliphatic carbocycles. The molecule has 3 rings (SSSR count). The Bertz CT molecular complexity index is 731. The molecule has 1 aromatic rings. The minimum absolute atomic E-state index is 0.112. The predicted octanol–water partition coefficient (Wildman–Crippen LogP) is 1.84. The summed E-state index contributed by atoms with van der Waals surface area (Å²) in [6.07, 6.45) is 2.77. The van der Waals surface area contributed by atoms with Gasteiger partial charge in [-0.3, -0.25) is 9.69 Å². The number of carbonyl (C=O) groups is 2. The maximum absolute atomic E-state index is 12.8. The highest BCUT2D eigenvalue weighted by molar-refractivity contribution is 6.07. The molecule has 0 radical (unpaired) electrons. The van der Waals surface area contributed by atoms with Crippen LogP contribution in [0.1, 0.15) is 32.3 Å². The minimum Gasteiger partial charge on any atom is -0.355 e. The lowest BCUT2D eigenvalue weighted by Gasteiger charge is -2.43.